The third-order valence-corrected chi connectivity index (χ3v) is 4.40. The number of rotatable bonds is 3. The van der Waals surface area contributed by atoms with E-state index in [4.69, 9.17) is 4.42 Å². The minimum atomic E-state index is -0.323. The van der Waals surface area contributed by atoms with E-state index in [9.17, 15) is 9.59 Å². The Labute approximate surface area is 155 Å². The summed E-state index contributed by atoms with van der Waals surface area (Å²) in [5.41, 5.74) is 2.73. The van der Waals surface area contributed by atoms with E-state index in [2.05, 4.69) is 10.3 Å². The molecule has 6 nitrogen and oxygen atoms in total. The molecule has 0 radical (unpaired) electrons. The number of nitrogens with one attached hydrogen (secondary N) is 1. The van der Waals surface area contributed by atoms with Crippen LogP contribution in [0.1, 0.15) is 21.9 Å². The molecule has 27 heavy (non-hydrogen) atoms. The van der Waals surface area contributed by atoms with Crippen LogP contribution in [0.15, 0.2) is 70.1 Å². The SMILES string of the molecule is Cc1cc(-n2c(C)nc3ccccc3c2=O)ccc1NC(=O)c1ccco1. The van der Waals surface area contributed by atoms with Crippen LogP contribution in [0.25, 0.3) is 16.6 Å². The Morgan fingerprint density at radius 2 is 1.89 bits per heavy atom. The molecule has 0 aliphatic rings. The molecule has 2 aromatic heterocycles. The van der Waals surface area contributed by atoms with Gasteiger partial charge in [-0.15, -0.1) is 0 Å². The van der Waals surface area contributed by atoms with Crippen molar-refractivity contribution in [1.29, 1.82) is 0 Å². The van der Waals surface area contributed by atoms with Gasteiger partial charge >= 0.3 is 0 Å². The van der Waals surface area contributed by atoms with Crippen LogP contribution in [-0.2, 0) is 0 Å². The normalized spacial score (nSPS) is 10.9. The molecule has 0 fully saturated rings. The minimum absolute atomic E-state index is 0.120. The number of hydrogen-bond acceptors (Lipinski definition) is 4. The summed E-state index contributed by atoms with van der Waals surface area (Å²) in [7, 11) is 0. The Balaban J connectivity index is 1.74. The number of para-hydroxylation sites is 1. The third kappa shape index (κ3) is 3.01. The van der Waals surface area contributed by atoms with Gasteiger partial charge in [-0.05, 0) is 61.9 Å². The van der Waals surface area contributed by atoms with Gasteiger partial charge in [0.15, 0.2) is 5.76 Å². The van der Waals surface area contributed by atoms with Crippen LogP contribution in [-0.4, -0.2) is 15.5 Å². The van der Waals surface area contributed by atoms with E-state index in [-0.39, 0.29) is 17.2 Å². The lowest BCUT2D eigenvalue weighted by molar-refractivity contribution is 0.0996. The first kappa shape index (κ1) is 16.8. The molecule has 0 bridgehead atoms. The van der Waals surface area contributed by atoms with Gasteiger partial charge in [-0.1, -0.05) is 12.1 Å². The van der Waals surface area contributed by atoms with Crippen molar-refractivity contribution in [2.24, 2.45) is 0 Å². The monoisotopic (exact) mass is 359 g/mol. The zero-order valence-corrected chi connectivity index (χ0v) is 14.9. The maximum absolute atomic E-state index is 12.9. The molecule has 6 heteroatoms. The topological polar surface area (TPSA) is 77.1 Å². The summed E-state index contributed by atoms with van der Waals surface area (Å²) < 4.78 is 6.68. The van der Waals surface area contributed by atoms with Crippen LogP contribution >= 0.6 is 0 Å². The first-order chi connectivity index (χ1) is 13.0. The van der Waals surface area contributed by atoms with Crippen molar-refractivity contribution >= 4 is 22.5 Å². The summed E-state index contributed by atoms with van der Waals surface area (Å²) in [6.45, 7) is 3.67. The van der Waals surface area contributed by atoms with Crippen LogP contribution in [0, 0.1) is 13.8 Å². The largest absolute Gasteiger partial charge is 0.459 e. The van der Waals surface area contributed by atoms with Crippen LogP contribution in [0.4, 0.5) is 5.69 Å². The van der Waals surface area contributed by atoms with E-state index in [0.717, 1.165) is 5.56 Å². The van der Waals surface area contributed by atoms with Gasteiger partial charge < -0.3 is 9.73 Å². The lowest BCUT2D eigenvalue weighted by Gasteiger charge is -2.13. The smallest absolute Gasteiger partial charge is 0.291 e. The first-order valence-corrected chi connectivity index (χ1v) is 8.49. The van der Waals surface area contributed by atoms with E-state index >= 15 is 0 Å². The van der Waals surface area contributed by atoms with Gasteiger partial charge in [0.25, 0.3) is 11.5 Å². The van der Waals surface area contributed by atoms with Gasteiger partial charge in [-0.25, -0.2) is 4.98 Å². The minimum Gasteiger partial charge on any atom is -0.459 e. The zero-order chi connectivity index (χ0) is 19.0. The average molecular weight is 359 g/mol. The number of fused-ring (bicyclic) bond motifs is 1. The zero-order valence-electron chi connectivity index (χ0n) is 14.9. The molecule has 0 saturated heterocycles. The van der Waals surface area contributed by atoms with Crippen molar-refractivity contribution in [3.05, 3.63) is 88.4 Å². The molecular weight excluding hydrogens is 342 g/mol. The Hall–Kier alpha value is -3.67. The fourth-order valence-electron chi connectivity index (χ4n) is 3.07. The molecular formula is C21H17N3O3. The summed E-state index contributed by atoms with van der Waals surface area (Å²) in [6, 6.07) is 15.9. The molecule has 0 saturated carbocycles. The van der Waals surface area contributed by atoms with Crippen molar-refractivity contribution in [3.63, 3.8) is 0 Å². The molecule has 0 spiro atoms. The van der Waals surface area contributed by atoms with Crippen molar-refractivity contribution < 1.29 is 9.21 Å². The predicted octanol–water partition coefficient (Wildman–Crippen LogP) is 3.85. The third-order valence-electron chi connectivity index (χ3n) is 4.40. The van der Waals surface area contributed by atoms with E-state index < -0.39 is 0 Å². The number of carbonyl (C=O) groups is 1. The molecule has 0 atom stereocenters. The number of aryl methyl sites for hydroxylation is 2. The van der Waals surface area contributed by atoms with E-state index in [0.29, 0.717) is 28.1 Å². The van der Waals surface area contributed by atoms with Gasteiger partial charge in [0.2, 0.25) is 0 Å². The van der Waals surface area contributed by atoms with E-state index in [1.54, 1.807) is 41.8 Å². The Morgan fingerprint density at radius 1 is 1.07 bits per heavy atom. The van der Waals surface area contributed by atoms with Crippen LogP contribution in [0.3, 0.4) is 0 Å². The van der Waals surface area contributed by atoms with Crippen molar-refractivity contribution in [2.45, 2.75) is 13.8 Å². The van der Waals surface area contributed by atoms with Gasteiger partial charge in [0.1, 0.15) is 5.82 Å². The summed E-state index contributed by atoms with van der Waals surface area (Å²) >= 11 is 0. The number of benzene rings is 2. The van der Waals surface area contributed by atoms with E-state index in [1.807, 2.05) is 31.2 Å². The number of furan rings is 1. The molecule has 2 heterocycles. The summed E-state index contributed by atoms with van der Waals surface area (Å²) in [6.07, 6.45) is 1.45. The number of amides is 1. The Morgan fingerprint density at radius 3 is 2.63 bits per heavy atom. The maximum atomic E-state index is 12.9. The molecule has 0 unspecified atom stereocenters. The highest BCUT2D eigenvalue weighted by molar-refractivity contribution is 6.02. The van der Waals surface area contributed by atoms with Gasteiger partial charge in [0.05, 0.1) is 22.9 Å². The van der Waals surface area contributed by atoms with E-state index in [1.165, 1.54) is 6.26 Å². The number of carbonyl (C=O) groups excluding carboxylic acids is 1. The van der Waals surface area contributed by atoms with Crippen LogP contribution in [0.5, 0.6) is 0 Å². The fraction of sp³-hybridized carbons (Fsp3) is 0.0952. The van der Waals surface area contributed by atoms with Crippen molar-refractivity contribution in [3.8, 4) is 5.69 Å². The number of aromatic nitrogens is 2. The highest BCUT2D eigenvalue weighted by atomic mass is 16.3. The number of hydrogen-bond donors (Lipinski definition) is 1. The molecule has 4 rings (SSSR count). The molecule has 1 amide bonds. The standard InChI is InChI=1S/C21H17N3O3/c1-13-12-15(9-10-17(13)23-20(25)19-8-5-11-27-19)24-14(2)22-18-7-4-3-6-16(18)21(24)26/h3-12H,1-2H3,(H,23,25). The molecule has 4 aromatic rings. The Bertz CT molecular complexity index is 1210. The molecule has 1 N–H and O–H groups in total. The second-order valence-corrected chi connectivity index (χ2v) is 6.25. The second-order valence-electron chi connectivity index (χ2n) is 6.25. The summed E-state index contributed by atoms with van der Waals surface area (Å²) in [5, 5.41) is 3.38. The van der Waals surface area contributed by atoms with Crippen LogP contribution in [0.2, 0.25) is 0 Å². The molecule has 0 aliphatic carbocycles. The maximum Gasteiger partial charge on any atom is 0.291 e. The average Bonchev–Trinajstić information content (AvgIpc) is 3.19. The highest BCUT2D eigenvalue weighted by Gasteiger charge is 2.13. The van der Waals surface area contributed by atoms with Crippen LogP contribution < -0.4 is 10.9 Å². The van der Waals surface area contributed by atoms with Gasteiger partial charge in [0, 0.05) is 5.69 Å². The molecule has 0 aliphatic heterocycles. The first-order valence-electron chi connectivity index (χ1n) is 8.49. The fourth-order valence-corrected chi connectivity index (χ4v) is 3.07. The van der Waals surface area contributed by atoms with Crippen molar-refractivity contribution in [2.75, 3.05) is 5.32 Å². The predicted molar refractivity (Wildman–Crippen MR) is 103 cm³/mol. The molecule has 2 aromatic carbocycles. The van der Waals surface area contributed by atoms with Crippen molar-refractivity contribution in [1.82, 2.24) is 9.55 Å². The lowest BCUT2D eigenvalue weighted by atomic mass is 10.1. The highest BCUT2D eigenvalue weighted by Crippen LogP contribution is 2.21. The summed E-state index contributed by atoms with van der Waals surface area (Å²) in [5.74, 6) is 0.520. The Kier molecular flexibility index (Phi) is 4.08. The van der Waals surface area contributed by atoms with Gasteiger partial charge in [-0.3, -0.25) is 14.2 Å². The second kappa shape index (κ2) is 6.57. The number of nitrogens with zero attached hydrogens (tertiary/aromatic N) is 2. The molecule has 134 valence electrons. The quantitative estimate of drug-likeness (QED) is 0.603. The number of anilines is 1. The summed E-state index contributed by atoms with van der Waals surface area (Å²) in [4.78, 5) is 29.6. The lowest BCUT2D eigenvalue weighted by Crippen LogP contribution is -2.22. The van der Waals surface area contributed by atoms with Gasteiger partial charge in [-0.2, -0.15) is 0 Å².